The van der Waals surface area contributed by atoms with E-state index in [-0.39, 0.29) is 11.7 Å². The van der Waals surface area contributed by atoms with Crippen molar-refractivity contribution in [2.75, 3.05) is 0 Å². The van der Waals surface area contributed by atoms with Crippen molar-refractivity contribution in [2.45, 2.75) is 0 Å². The molecule has 40 valence electrons. The van der Waals surface area contributed by atoms with Crippen LogP contribution in [-0.2, 0) is 6.98 Å². The Labute approximate surface area is 55.2 Å². The molecule has 0 bridgehead atoms. The van der Waals surface area contributed by atoms with Gasteiger partial charge in [0.2, 0.25) is 0 Å². The predicted molar refractivity (Wildman–Crippen MR) is 31.1 cm³/mol. The van der Waals surface area contributed by atoms with E-state index >= 15 is 0 Å². The number of rotatable bonds is 0. The lowest BCUT2D eigenvalue weighted by molar-refractivity contribution is 0.767. The number of aromatic nitrogens is 2. The molecule has 0 radical (unpaired) electrons. The predicted octanol–water partition coefficient (Wildman–Crippen LogP) is 0.401. The average Bonchev–Trinajstić information content (AvgIpc) is 2.25. The minimum atomic E-state index is -2.55. The van der Waals surface area contributed by atoms with E-state index in [1.54, 1.807) is 0 Å². The molecule has 2 heteroatoms. The Morgan fingerprint density at radius 1 is 2.25 bits per heavy atom. The molecule has 0 N–H and O–H groups in total. The van der Waals surface area contributed by atoms with E-state index in [0.29, 0.717) is 4.68 Å². The van der Waals surface area contributed by atoms with Crippen LogP contribution in [0, 0.1) is 12.3 Å². The summed E-state index contributed by atoms with van der Waals surface area (Å²) in [6, 6.07) is 0. The zero-order valence-electron chi connectivity index (χ0n) is 8.97. The molecule has 0 unspecified atom stereocenters. The molecule has 8 heavy (non-hydrogen) atoms. The molecular formula is C6H6N2. The summed E-state index contributed by atoms with van der Waals surface area (Å²) in [6.45, 7) is -2.55. The van der Waals surface area contributed by atoms with Crippen LogP contribution in [0.15, 0.2) is 12.3 Å². The summed E-state index contributed by atoms with van der Waals surface area (Å²) < 4.78 is 35.8. The van der Waals surface area contributed by atoms with E-state index in [1.165, 1.54) is 0 Å². The summed E-state index contributed by atoms with van der Waals surface area (Å²) in [6.07, 6.45) is 4.20. The highest BCUT2D eigenvalue weighted by Gasteiger charge is 1.85. The van der Waals surface area contributed by atoms with Gasteiger partial charge >= 0.3 is 0 Å². The van der Waals surface area contributed by atoms with Crippen LogP contribution in [-0.4, -0.2) is 9.78 Å². The normalized spacial score (nSPS) is 19.1. The Balaban J connectivity index is 3.37. The summed E-state index contributed by atoms with van der Waals surface area (Å²) in [5.41, 5.74) is -0.101. The molecule has 0 aliphatic heterocycles. The van der Waals surface area contributed by atoms with Gasteiger partial charge in [-0.15, -0.1) is 6.42 Å². The first-order valence-electron chi connectivity index (χ1n) is 4.41. The molecule has 1 aromatic rings. The zero-order chi connectivity index (χ0) is 10.2. The van der Waals surface area contributed by atoms with E-state index in [0.717, 1.165) is 0 Å². The van der Waals surface area contributed by atoms with Crippen LogP contribution < -0.4 is 0 Å². The molecule has 0 aromatic carbocycles. The Morgan fingerprint density at radius 2 is 3.12 bits per heavy atom. The third-order valence-electron chi connectivity index (χ3n) is 0.624. The highest BCUT2D eigenvalue weighted by atomic mass is 15.2. The van der Waals surface area contributed by atoms with E-state index in [4.69, 9.17) is 13.3 Å². The molecule has 1 heterocycles. The van der Waals surface area contributed by atoms with Gasteiger partial charge in [0.05, 0.1) is 14.5 Å². The molecule has 0 atom stereocenters. The second-order valence-corrected chi connectivity index (χ2v) is 1.15. The maximum absolute atomic E-state index is 7.30. The van der Waals surface area contributed by atoms with Gasteiger partial charge in [0.25, 0.3) is 0 Å². The van der Waals surface area contributed by atoms with Crippen LogP contribution in [0.1, 0.15) is 12.4 Å². The largest absolute Gasteiger partial charge is 0.275 e. The van der Waals surface area contributed by atoms with Gasteiger partial charge in [0, 0.05) is 17.3 Å². The van der Waals surface area contributed by atoms with Crippen LogP contribution in [0.5, 0.6) is 0 Å². The smallest absolute Gasteiger partial charge is 0.0873 e. The maximum Gasteiger partial charge on any atom is 0.0873 e. The van der Waals surface area contributed by atoms with Crippen molar-refractivity contribution >= 4 is 0 Å². The zero-order valence-corrected chi connectivity index (χ0v) is 3.97. The average molecular weight is 111 g/mol. The number of nitrogens with zero attached hydrogens (tertiary/aromatic N) is 2. The van der Waals surface area contributed by atoms with Gasteiger partial charge in [-0.05, 0) is 0 Å². The Morgan fingerprint density at radius 3 is 3.50 bits per heavy atom. The van der Waals surface area contributed by atoms with E-state index < -0.39 is 13.1 Å². The highest BCUT2D eigenvalue weighted by molar-refractivity contribution is 5.25. The molecular weight excluding hydrogens is 100 g/mol. The molecule has 0 aliphatic carbocycles. The Hall–Kier alpha value is -1.23. The first-order chi connectivity index (χ1) is 5.88. The van der Waals surface area contributed by atoms with Crippen molar-refractivity contribution in [3.05, 3.63) is 17.9 Å². The number of terminal acetylenes is 1. The molecule has 0 amide bonds. The fourth-order valence-electron chi connectivity index (χ4n) is 0.320. The minimum absolute atomic E-state index is 0.101. The lowest BCUT2D eigenvalue weighted by Gasteiger charge is -1.78. The van der Waals surface area contributed by atoms with Crippen LogP contribution in [0.2, 0.25) is 0 Å². The summed E-state index contributed by atoms with van der Waals surface area (Å²) >= 11 is 0. The molecule has 2 nitrogen and oxygen atoms in total. The molecule has 0 aliphatic rings. The van der Waals surface area contributed by atoms with Crippen LogP contribution in [0.3, 0.4) is 0 Å². The third-order valence-corrected chi connectivity index (χ3v) is 0.624. The monoisotopic (exact) mass is 111 g/mol. The number of hydrogen-bond donors (Lipinski definition) is 0. The third kappa shape index (κ3) is 0.710. The molecule has 0 saturated heterocycles. The fourth-order valence-corrected chi connectivity index (χ4v) is 0.320. The van der Waals surface area contributed by atoms with E-state index in [2.05, 4.69) is 5.10 Å². The topological polar surface area (TPSA) is 17.8 Å². The van der Waals surface area contributed by atoms with Gasteiger partial charge < -0.3 is 0 Å². The van der Waals surface area contributed by atoms with Gasteiger partial charge in [0.1, 0.15) is 0 Å². The maximum atomic E-state index is 7.30. The standard InChI is InChI=1S/C6H6N2/c1-3-6-4-7-8(2)5-6/h1,4-5H,2H3/i2D3,4D,5D. The fraction of sp³-hybridized carbons (Fsp3) is 0.167. The van der Waals surface area contributed by atoms with Crippen molar-refractivity contribution in [1.82, 2.24) is 9.78 Å². The van der Waals surface area contributed by atoms with Gasteiger partial charge in [-0.3, -0.25) is 4.68 Å². The quantitative estimate of drug-likeness (QED) is 0.443. The molecule has 0 fully saturated rings. The molecule has 1 aromatic heterocycles. The lowest BCUT2D eigenvalue weighted by Crippen LogP contribution is -1.83. The lowest BCUT2D eigenvalue weighted by atomic mass is 10.4. The summed E-state index contributed by atoms with van der Waals surface area (Å²) in [5.74, 6) is 2.05. The van der Waals surface area contributed by atoms with Crippen molar-refractivity contribution < 1.29 is 6.85 Å². The van der Waals surface area contributed by atoms with Crippen LogP contribution >= 0.6 is 0 Å². The Kier molecular flexibility index (Phi) is 0.347. The van der Waals surface area contributed by atoms with Gasteiger partial charge in [-0.25, -0.2) is 0 Å². The first kappa shape index (κ1) is 1.63. The molecule has 0 saturated carbocycles. The van der Waals surface area contributed by atoms with Crippen LogP contribution in [0.25, 0.3) is 0 Å². The van der Waals surface area contributed by atoms with Crippen LogP contribution in [0.4, 0.5) is 0 Å². The minimum Gasteiger partial charge on any atom is -0.275 e. The van der Waals surface area contributed by atoms with Crippen molar-refractivity contribution in [3.8, 4) is 12.3 Å². The van der Waals surface area contributed by atoms with Crippen molar-refractivity contribution in [1.29, 1.82) is 0 Å². The van der Waals surface area contributed by atoms with E-state index in [9.17, 15) is 0 Å². The van der Waals surface area contributed by atoms with E-state index in [1.807, 2.05) is 5.92 Å². The van der Waals surface area contributed by atoms with Gasteiger partial charge in [-0.2, -0.15) is 5.10 Å². The Bertz CT molecular complexity index is 370. The SMILES string of the molecule is [2H]c1nn(C([2H])([2H])[2H])c([2H])c1C#C. The van der Waals surface area contributed by atoms with Crippen molar-refractivity contribution in [2.24, 2.45) is 6.98 Å². The number of hydrogen-bond acceptors (Lipinski definition) is 1. The summed E-state index contributed by atoms with van der Waals surface area (Å²) in [5, 5.41) is 3.34. The summed E-state index contributed by atoms with van der Waals surface area (Å²) in [4.78, 5) is 0. The molecule has 1 rings (SSSR count). The second kappa shape index (κ2) is 1.71. The van der Waals surface area contributed by atoms with Gasteiger partial charge in [0.15, 0.2) is 0 Å². The number of aryl methyl sites for hydroxylation is 1. The highest BCUT2D eigenvalue weighted by Crippen LogP contribution is 1.89. The van der Waals surface area contributed by atoms with Crippen molar-refractivity contribution in [3.63, 3.8) is 0 Å². The second-order valence-electron chi connectivity index (χ2n) is 1.15. The molecule has 0 spiro atoms. The first-order valence-corrected chi connectivity index (χ1v) is 1.91. The van der Waals surface area contributed by atoms with Gasteiger partial charge in [-0.1, -0.05) is 5.92 Å². The summed E-state index contributed by atoms with van der Waals surface area (Å²) in [7, 11) is 0.